The van der Waals surface area contributed by atoms with E-state index in [1.165, 1.54) is 17.7 Å². The third-order valence-electron chi connectivity index (χ3n) is 2.19. The molecule has 0 aliphatic carbocycles. The van der Waals surface area contributed by atoms with Crippen molar-refractivity contribution < 1.29 is 17.9 Å². The normalized spacial score (nSPS) is 15.6. The van der Waals surface area contributed by atoms with Crippen molar-refractivity contribution in [2.45, 2.75) is 6.36 Å². The van der Waals surface area contributed by atoms with Gasteiger partial charge in [0.05, 0.1) is 0 Å². The average molecular weight is 229 g/mol. The van der Waals surface area contributed by atoms with E-state index in [1.54, 1.807) is 12.1 Å². The number of hydrogen-bond acceptors (Lipinski definition) is 2. The average Bonchev–Trinajstić information content (AvgIpc) is 2.11. The summed E-state index contributed by atoms with van der Waals surface area (Å²) in [5.41, 5.74) is 2.12. The smallest absolute Gasteiger partial charge is 0.406 e. The first-order valence-corrected chi connectivity index (χ1v) is 4.79. The Morgan fingerprint density at radius 2 is 1.75 bits per heavy atom. The van der Waals surface area contributed by atoms with E-state index in [4.69, 9.17) is 0 Å². The number of hydrogen-bond donors (Lipinski definition) is 1. The number of nitrogens with one attached hydrogen (secondary N) is 1. The second kappa shape index (κ2) is 4.17. The van der Waals surface area contributed by atoms with Gasteiger partial charge in [-0.25, -0.2) is 0 Å². The van der Waals surface area contributed by atoms with E-state index in [2.05, 4.69) is 10.1 Å². The highest BCUT2D eigenvalue weighted by Crippen LogP contribution is 2.23. The van der Waals surface area contributed by atoms with Crippen molar-refractivity contribution >= 4 is 6.08 Å². The van der Waals surface area contributed by atoms with Gasteiger partial charge in [0, 0.05) is 13.1 Å². The molecule has 1 aromatic rings. The molecule has 2 nitrogen and oxygen atoms in total. The third-order valence-corrected chi connectivity index (χ3v) is 2.19. The number of ether oxygens (including phenoxy) is 1. The zero-order valence-corrected chi connectivity index (χ0v) is 8.34. The highest BCUT2D eigenvalue weighted by molar-refractivity contribution is 5.56. The zero-order chi connectivity index (χ0) is 11.6. The summed E-state index contributed by atoms with van der Waals surface area (Å²) in [5.74, 6) is -0.193. The Hall–Kier alpha value is -1.49. The molecule has 16 heavy (non-hydrogen) atoms. The summed E-state index contributed by atoms with van der Waals surface area (Å²) in [6.07, 6.45) is -2.67. The van der Waals surface area contributed by atoms with Crippen LogP contribution in [-0.4, -0.2) is 19.5 Å². The molecule has 0 bridgehead atoms. The van der Waals surface area contributed by atoms with E-state index in [1.807, 2.05) is 6.08 Å². The zero-order valence-electron chi connectivity index (χ0n) is 8.34. The van der Waals surface area contributed by atoms with Crippen molar-refractivity contribution in [2.75, 3.05) is 13.1 Å². The second-order valence-corrected chi connectivity index (χ2v) is 3.52. The van der Waals surface area contributed by atoms with Gasteiger partial charge in [-0.15, -0.1) is 13.2 Å². The van der Waals surface area contributed by atoms with Gasteiger partial charge >= 0.3 is 6.36 Å². The number of alkyl halides is 3. The van der Waals surface area contributed by atoms with Gasteiger partial charge in [0.1, 0.15) is 5.75 Å². The molecular formula is C11H10F3NO. The van der Waals surface area contributed by atoms with Crippen molar-refractivity contribution in [2.24, 2.45) is 0 Å². The van der Waals surface area contributed by atoms with Gasteiger partial charge in [-0.1, -0.05) is 18.2 Å². The lowest BCUT2D eigenvalue weighted by atomic mass is 10.1. The van der Waals surface area contributed by atoms with E-state index >= 15 is 0 Å². The first kappa shape index (κ1) is 11.0. The standard InChI is InChI=1S/C11H10F3NO/c12-11(13,14)16-10-3-1-8(2-4-10)5-9-6-15-7-9/h1-5,15H,6-7H2. The lowest BCUT2D eigenvalue weighted by Crippen LogP contribution is -2.33. The van der Waals surface area contributed by atoms with Crippen molar-refractivity contribution in [3.63, 3.8) is 0 Å². The Kier molecular flexibility index (Phi) is 2.87. The quantitative estimate of drug-likeness (QED) is 0.841. The van der Waals surface area contributed by atoms with Crippen LogP contribution in [0.25, 0.3) is 6.08 Å². The molecule has 0 amide bonds. The number of benzene rings is 1. The molecule has 1 heterocycles. The first-order chi connectivity index (χ1) is 7.53. The molecular weight excluding hydrogens is 219 g/mol. The van der Waals surface area contributed by atoms with Crippen molar-refractivity contribution in [3.05, 3.63) is 35.4 Å². The molecule has 1 fully saturated rings. The predicted molar refractivity (Wildman–Crippen MR) is 54.0 cm³/mol. The monoisotopic (exact) mass is 229 g/mol. The lowest BCUT2D eigenvalue weighted by molar-refractivity contribution is -0.274. The molecule has 1 saturated heterocycles. The molecule has 0 saturated carbocycles. The number of rotatable bonds is 2. The van der Waals surface area contributed by atoms with Crippen LogP contribution in [0.3, 0.4) is 0 Å². The van der Waals surface area contributed by atoms with E-state index < -0.39 is 6.36 Å². The Morgan fingerprint density at radius 1 is 1.12 bits per heavy atom. The van der Waals surface area contributed by atoms with Gasteiger partial charge in [0.2, 0.25) is 0 Å². The van der Waals surface area contributed by atoms with E-state index in [0.717, 1.165) is 18.7 Å². The van der Waals surface area contributed by atoms with Crippen LogP contribution >= 0.6 is 0 Å². The van der Waals surface area contributed by atoms with E-state index in [0.29, 0.717) is 0 Å². The minimum absolute atomic E-state index is 0.193. The highest BCUT2D eigenvalue weighted by Gasteiger charge is 2.30. The molecule has 0 atom stereocenters. The van der Waals surface area contributed by atoms with Crippen LogP contribution in [0.15, 0.2) is 29.8 Å². The van der Waals surface area contributed by atoms with Crippen LogP contribution in [0, 0.1) is 0 Å². The lowest BCUT2D eigenvalue weighted by Gasteiger charge is -2.18. The van der Waals surface area contributed by atoms with Crippen molar-refractivity contribution in [3.8, 4) is 5.75 Å². The summed E-state index contributed by atoms with van der Waals surface area (Å²) in [6, 6.07) is 5.83. The van der Waals surface area contributed by atoms with Gasteiger partial charge < -0.3 is 10.1 Å². The summed E-state index contributed by atoms with van der Waals surface area (Å²) in [6.45, 7) is 1.70. The minimum Gasteiger partial charge on any atom is -0.406 e. The molecule has 1 N–H and O–H groups in total. The predicted octanol–water partition coefficient (Wildman–Crippen LogP) is 2.57. The topological polar surface area (TPSA) is 21.3 Å². The van der Waals surface area contributed by atoms with E-state index in [-0.39, 0.29) is 5.75 Å². The molecule has 86 valence electrons. The highest BCUT2D eigenvalue weighted by atomic mass is 19.4. The largest absolute Gasteiger partial charge is 0.573 e. The van der Waals surface area contributed by atoms with Crippen molar-refractivity contribution in [1.82, 2.24) is 5.32 Å². The van der Waals surface area contributed by atoms with Crippen molar-refractivity contribution in [1.29, 1.82) is 0 Å². The molecule has 5 heteroatoms. The molecule has 0 unspecified atom stereocenters. The molecule has 2 rings (SSSR count). The van der Waals surface area contributed by atoms with Crippen LogP contribution in [0.1, 0.15) is 5.56 Å². The van der Waals surface area contributed by atoms with Gasteiger partial charge in [0.15, 0.2) is 0 Å². The molecule has 1 aliphatic heterocycles. The minimum atomic E-state index is -4.63. The van der Waals surface area contributed by atoms with E-state index in [9.17, 15) is 13.2 Å². The van der Waals surface area contributed by atoms with Crippen LogP contribution < -0.4 is 10.1 Å². The third kappa shape index (κ3) is 3.00. The SMILES string of the molecule is FC(F)(F)Oc1ccc(C=C2CNC2)cc1. The summed E-state index contributed by atoms with van der Waals surface area (Å²) in [5, 5.41) is 3.08. The second-order valence-electron chi connectivity index (χ2n) is 3.52. The fourth-order valence-electron chi connectivity index (χ4n) is 1.37. The van der Waals surface area contributed by atoms with Gasteiger partial charge in [-0.05, 0) is 23.3 Å². The van der Waals surface area contributed by atoms with Gasteiger partial charge in [-0.2, -0.15) is 0 Å². The molecule has 0 aromatic heterocycles. The molecule has 1 aliphatic rings. The molecule has 0 radical (unpaired) electrons. The van der Waals surface area contributed by atoms with Crippen LogP contribution in [0.5, 0.6) is 5.75 Å². The Morgan fingerprint density at radius 3 is 2.19 bits per heavy atom. The maximum Gasteiger partial charge on any atom is 0.573 e. The first-order valence-electron chi connectivity index (χ1n) is 4.79. The summed E-state index contributed by atoms with van der Waals surface area (Å²) >= 11 is 0. The molecule has 1 aromatic carbocycles. The Bertz CT molecular complexity index is 389. The number of halogens is 3. The van der Waals surface area contributed by atoms with Crippen LogP contribution in [-0.2, 0) is 0 Å². The maximum absolute atomic E-state index is 11.9. The Labute approximate surface area is 90.7 Å². The van der Waals surface area contributed by atoms with Crippen LogP contribution in [0.2, 0.25) is 0 Å². The molecule has 0 spiro atoms. The van der Waals surface area contributed by atoms with Crippen LogP contribution in [0.4, 0.5) is 13.2 Å². The summed E-state index contributed by atoms with van der Waals surface area (Å²) in [7, 11) is 0. The Balaban J connectivity index is 2.04. The maximum atomic E-state index is 11.9. The fourth-order valence-corrected chi connectivity index (χ4v) is 1.37. The van der Waals surface area contributed by atoms with Gasteiger partial charge in [-0.3, -0.25) is 0 Å². The van der Waals surface area contributed by atoms with Gasteiger partial charge in [0.25, 0.3) is 0 Å². The summed E-state index contributed by atoms with van der Waals surface area (Å²) in [4.78, 5) is 0. The summed E-state index contributed by atoms with van der Waals surface area (Å²) < 4.78 is 39.4. The fraction of sp³-hybridized carbons (Fsp3) is 0.273.